The first-order valence-electron chi connectivity index (χ1n) is 11.5. The molecule has 0 unspecified atom stereocenters. The molecule has 1 saturated heterocycles. The molecule has 0 radical (unpaired) electrons. The van der Waals surface area contributed by atoms with Crippen LogP contribution in [0.2, 0.25) is 0 Å². The van der Waals surface area contributed by atoms with Crippen LogP contribution in [0.15, 0.2) is 54.7 Å². The molecule has 1 fully saturated rings. The van der Waals surface area contributed by atoms with E-state index in [9.17, 15) is 9.59 Å². The van der Waals surface area contributed by atoms with Crippen molar-refractivity contribution in [3.05, 3.63) is 83.1 Å². The molecule has 0 aliphatic carbocycles. The van der Waals surface area contributed by atoms with Crippen LogP contribution in [0.1, 0.15) is 51.9 Å². The van der Waals surface area contributed by atoms with Crippen molar-refractivity contribution in [2.75, 3.05) is 24.5 Å². The number of pyridine rings is 1. The summed E-state index contributed by atoms with van der Waals surface area (Å²) in [5.74, 6) is 1.57. The zero-order valence-electron chi connectivity index (χ0n) is 18.8. The number of aryl methyl sites for hydroxylation is 1. The van der Waals surface area contributed by atoms with Gasteiger partial charge in [-0.05, 0) is 43.9 Å². The number of hydrogen-bond acceptors (Lipinski definition) is 5. The molecule has 7 heteroatoms. The van der Waals surface area contributed by atoms with Crippen molar-refractivity contribution in [1.29, 1.82) is 0 Å². The molecule has 0 spiro atoms. The van der Waals surface area contributed by atoms with Crippen molar-refractivity contribution in [2.24, 2.45) is 0 Å². The Bertz CT molecular complexity index is 1170. The van der Waals surface area contributed by atoms with E-state index in [0.717, 1.165) is 35.7 Å². The monoisotopic (exact) mass is 441 g/mol. The molecule has 5 rings (SSSR count). The molecule has 168 valence electrons. The molecule has 2 aromatic heterocycles. The molecule has 7 nitrogen and oxygen atoms in total. The number of fused-ring (bicyclic) bond motifs is 1. The first kappa shape index (κ1) is 21.2. The third-order valence-electron chi connectivity index (χ3n) is 6.55. The van der Waals surface area contributed by atoms with Gasteiger partial charge in [-0.3, -0.25) is 19.5 Å². The van der Waals surface area contributed by atoms with Gasteiger partial charge in [0.2, 0.25) is 5.91 Å². The highest BCUT2D eigenvalue weighted by Gasteiger charge is 2.33. The third-order valence-corrected chi connectivity index (χ3v) is 6.55. The van der Waals surface area contributed by atoms with Crippen LogP contribution in [0.4, 0.5) is 5.82 Å². The van der Waals surface area contributed by atoms with E-state index < -0.39 is 0 Å². The third kappa shape index (κ3) is 4.35. The molecule has 33 heavy (non-hydrogen) atoms. The van der Waals surface area contributed by atoms with Crippen LogP contribution in [0.3, 0.4) is 0 Å². The Balaban J connectivity index is 1.37. The molecular formula is C26H27N5O2. The Morgan fingerprint density at radius 1 is 1.06 bits per heavy atom. The van der Waals surface area contributed by atoms with Gasteiger partial charge in [-0.2, -0.15) is 0 Å². The number of aromatic nitrogens is 3. The fourth-order valence-electron chi connectivity index (χ4n) is 4.71. The van der Waals surface area contributed by atoms with Gasteiger partial charge in [-0.25, -0.2) is 9.97 Å². The lowest BCUT2D eigenvalue weighted by Crippen LogP contribution is -2.38. The van der Waals surface area contributed by atoms with Crippen molar-refractivity contribution < 1.29 is 9.59 Å². The maximum Gasteiger partial charge on any atom is 0.272 e. The number of rotatable bonds is 5. The SMILES string of the molecule is Cc1nc([C@@H]2CCN(C(=O)c3ccccn3)C2)nc2c1CCC(=O)N2CCc1ccccc1. The van der Waals surface area contributed by atoms with Gasteiger partial charge in [0, 0.05) is 49.4 Å². The normalized spacial score (nSPS) is 17.8. The van der Waals surface area contributed by atoms with Gasteiger partial charge in [0.15, 0.2) is 0 Å². The van der Waals surface area contributed by atoms with Crippen LogP contribution in [0, 0.1) is 6.92 Å². The Hall–Kier alpha value is -3.61. The number of likely N-dealkylation sites (tertiary alicyclic amines) is 1. The number of carbonyl (C=O) groups excluding carboxylic acids is 2. The number of nitrogens with zero attached hydrogens (tertiary/aromatic N) is 5. The summed E-state index contributed by atoms with van der Waals surface area (Å²) in [6, 6.07) is 15.6. The molecule has 1 atom stereocenters. The Kier molecular flexibility index (Phi) is 5.86. The lowest BCUT2D eigenvalue weighted by Gasteiger charge is -2.30. The molecule has 2 aliphatic rings. The van der Waals surface area contributed by atoms with Gasteiger partial charge in [-0.1, -0.05) is 36.4 Å². The Morgan fingerprint density at radius 2 is 1.88 bits per heavy atom. The molecule has 2 aliphatic heterocycles. The molecule has 2 amide bonds. The average Bonchev–Trinajstić information content (AvgIpc) is 3.34. The number of hydrogen-bond donors (Lipinski definition) is 0. The van der Waals surface area contributed by atoms with Gasteiger partial charge >= 0.3 is 0 Å². The second kappa shape index (κ2) is 9.10. The predicted octanol–water partition coefficient (Wildman–Crippen LogP) is 3.33. The second-order valence-electron chi connectivity index (χ2n) is 8.70. The van der Waals surface area contributed by atoms with E-state index in [2.05, 4.69) is 17.1 Å². The summed E-state index contributed by atoms with van der Waals surface area (Å²) < 4.78 is 0. The van der Waals surface area contributed by atoms with Crippen molar-refractivity contribution in [2.45, 2.75) is 38.5 Å². The summed E-state index contributed by atoms with van der Waals surface area (Å²) in [7, 11) is 0. The van der Waals surface area contributed by atoms with Crippen LogP contribution in [0.5, 0.6) is 0 Å². The summed E-state index contributed by atoms with van der Waals surface area (Å²) in [5.41, 5.74) is 3.65. The molecule has 3 aromatic rings. The van der Waals surface area contributed by atoms with E-state index in [4.69, 9.17) is 9.97 Å². The van der Waals surface area contributed by atoms with E-state index in [0.29, 0.717) is 38.2 Å². The summed E-state index contributed by atoms with van der Waals surface area (Å²) in [4.78, 5) is 43.2. The van der Waals surface area contributed by atoms with E-state index >= 15 is 0 Å². The van der Waals surface area contributed by atoms with Crippen LogP contribution in [0.25, 0.3) is 0 Å². The van der Waals surface area contributed by atoms with Crippen molar-refractivity contribution >= 4 is 17.6 Å². The van der Waals surface area contributed by atoms with Crippen LogP contribution in [-0.2, 0) is 17.6 Å². The fourth-order valence-corrected chi connectivity index (χ4v) is 4.71. The average molecular weight is 442 g/mol. The first-order valence-corrected chi connectivity index (χ1v) is 11.5. The van der Waals surface area contributed by atoms with Crippen molar-refractivity contribution in [3.8, 4) is 0 Å². The number of amides is 2. The smallest absolute Gasteiger partial charge is 0.272 e. The van der Waals surface area contributed by atoms with Crippen LogP contribution in [-0.4, -0.2) is 51.3 Å². The molecule has 1 aromatic carbocycles. The summed E-state index contributed by atoms with van der Waals surface area (Å²) in [6.45, 7) is 3.81. The molecule has 0 saturated carbocycles. The predicted molar refractivity (Wildman–Crippen MR) is 125 cm³/mol. The Morgan fingerprint density at radius 3 is 2.67 bits per heavy atom. The maximum absolute atomic E-state index is 12.8. The summed E-state index contributed by atoms with van der Waals surface area (Å²) >= 11 is 0. The highest BCUT2D eigenvalue weighted by Crippen LogP contribution is 2.32. The summed E-state index contributed by atoms with van der Waals surface area (Å²) in [5, 5.41) is 0. The first-order chi connectivity index (χ1) is 16.1. The number of carbonyl (C=O) groups is 2. The zero-order valence-corrected chi connectivity index (χ0v) is 18.8. The van der Waals surface area contributed by atoms with Gasteiger partial charge in [0.25, 0.3) is 5.91 Å². The number of benzene rings is 1. The summed E-state index contributed by atoms with van der Waals surface area (Å²) in [6.07, 6.45) is 4.38. The van der Waals surface area contributed by atoms with E-state index in [1.807, 2.05) is 41.0 Å². The van der Waals surface area contributed by atoms with E-state index in [1.54, 1.807) is 18.3 Å². The van der Waals surface area contributed by atoms with Crippen molar-refractivity contribution in [1.82, 2.24) is 19.9 Å². The molecule has 4 heterocycles. The van der Waals surface area contributed by atoms with E-state index in [-0.39, 0.29) is 17.7 Å². The maximum atomic E-state index is 12.8. The highest BCUT2D eigenvalue weighted by atomic mass is 16.2. The van der Waals surface area contributed by atoms with Crippen molar-refractivity contribution in [3.63, 3.8) is 0 Å². The minimum absolute atomic E-state index is 0.0506. The van der Waals surface area contributed by atoms with E-state index in [1.165, 1.54) is 5.56 Å². The second-order valence-corrected chi connectivity index (χ2v) is 8.70. The van der Waals surface area contributed by atoms with Gasteiger partial charge in [0.05, 0.1) is 0 Å². The standard InChI is InChI=1S/C26H27N5O2/c1-18-21-10-11-23(32)31(16-12-19-7-3-2-4-8-19)25(21)29-24(28-18)20-13-15-30(17-20)26(33)22-9-5-6-14-27-22/h2-9,14,20H,10-13,15-17H2,1H3/t20-/m1/s1. The molecular weight excluding hydrogens is 414 g/mol. The minimum Gasteiger partial charge on any atom is -0.337 e. The molecule has 0 N–H and O–H groups in total. The minimum atomic E-state index is -0.0625. The largest absolute Gasteiger partial charge is 0.337 e. The quantitative estimate of drug-likeness (QED) is 0.607. The highest BCUT2D eigenvalue weighted by molar-refractivity contribution is 5.95. The number of anilines is 1. The topological polar surface area (TPSA) is 79.3 Å². The fraction of sp³-hybridized carbons (Fsp3) is 0.346. The Labute approximate surface area is 193 Å². The molecule has 0 bridgehead atoms. The van der Waals surface area contributed by atoms with Gasteiger partial charge < -0.3 is 4.90 Å². The van der Waals surface area contributed by atoms with Gasteiger partial charge in [-0.15, -0.1) is 0 Å². The van der Waals surface area contributed by atoms with Crippen LogP contribution >= 0.6 is 0 Å². The zero-order chi connectivity index (χ0) is 22.8. The van der Waals surface area contributed by atoms with Crippen LogP contribution < -0.4 is 4.90 Å². The lowest BCUT2D eigenvalue weighted by atomic mass is 10.0. The lowest BCUT2D eigenvalue weighted by molar-refractivity contribution is -0.118. The van der Waals surface area contributed by atoms with Gasteiger partial charge in [0.1, 0.15) is 17.3 Å².